The van der Waals surface area contributed by atoms with Crippen molar-refractivity contribution in [2.45, 2.75) is 13.5 Å². The van der Waals surface area contributed by atoms with Crippen molar-refractivity contribution in [2.24, 2.45) is 0 Å². The highest BCUT2D eigenvalue weighted by Gasteiger charge is 2.09. The van der Waals surface area contributed by atoms with Gasteiger partial charge in [0.2, 0.25) is 0 Å². The van der Waals surface area contributed by atoms with E-state index in [0.29, 0.717) is 12.1 Å². The molecule has 2 aromatic carbocycles. The number of carbonyl (C=O) groups is 1. The van der Waals surface area contributed by atoms with Crippen LogP contribution in [0.2, 0.25) is 0 Å². The highest BCUT2D eigenvalue weighted by molar-refractivity contribution is 5.96. The number of aryl methyl sites for hydroxylation is 1. The average Bonchev–Trinajstić information content (AvgIpc) is 2.52. The van der Waals surface area contributed by atoms with E-state index in [9.17, 15) is 4.79 Å². The molecule has 1 amide bonds. The number of carbonyl (C=O) groups excluding carboxylic acids is 1. The first-order chi connectivity index (χ1) is 10.1. The van der Waals surface area contributed by atoms with Crippen LogP contribution in [0, 0.1) is 6.92 Å². The Labute approximate surface area is 125 Å². The number of rotatable bonds is 5. The molecule has 21 heavy (non-hydrogen) atoms. The van der Waals surface area contributed by atoms with Gasteiger partial charge in [-0.2, -0.15) is 0 Å². The lowest BCUT2D eigenvalue weighted by molar-refractivity contribution is 0.0950. The molecular weight excluding hydrogens is 264 g/mol. The van der Waals surface area contributed by atoms with Crippen LogP contribution in [0.25, 0.3) is 0 Å². The summed E-state index contributed by atoms with van der Waals surface area (Å²) in [4.78, 5) is 12.2. The molecule has 0 aliphatic heterocycles. The third-order valence-electron chi connectivity index (χ3n) is 3.35. The molecule has 0 bridgehead atoms. The van der Waals surface area contributed by atoms with Crippen LogP contribution in [-0.2, 0) is 6.54 Å². The highest BCUT2D eigenvalue weighted by Crippen LogP contribution is 2.15. The van der Waals surface area contributed by atoms with Gasteiger partial charge in [0, 0.05) is 24.8 Å². The lowest BCUT2D eigenvalue weighted by Gasteiger charge is -2.10. The van der Waals surface area contributed by atoms with Gasteiger partial charge in [-0.3, -0.25) is 4.79 Å². The summed E-state index contributed by atoms with van der Waals surface area (Å²) >= 11 is 0. The second-order valence-electron chi connectivity index (χ2n) is 4.81. The number of ether oxygens (including phenoxy) is 1. The van der Waals surface area contributed by atoms with Crippen LogP contribution in [0.1, 0.15) is 21.5 Å². The smallest absolute Gasteiger partial charge is 0.251 e. The van der Waals surface area contributed by atoms with E-state index in [1.807, 2.05) is 56.4 Å². The quantitative estimate of drug-likeness (QED) is 0.887. The number of nitrogens with one attached hydrogen (secondary N) is 2. The minimum absolute atomic E-state index is 0.0713. The molecule has 0 fully saturated rings. The molecule has 2 aromatic rings. The Morgan fingerprint density at radius 3 is 2.67 bits per heavy atom. The van der Waals surface area contributed by atoms with E-state index in [-0.39, 0.29) is 5.91 Å². The summed E-state index contributed by atoms with van der Waals surface area (Å²) in [7, 11) is 3.49. The fourth-order valence-electron chi connectivity index (χ4n) is 2.13. The minimum atomic E-state index is -0.0713. The van der Waals surface area contributed by atoms with Crippen LogP contribution in [0.3, 0.4) is 0 Å². The third kappa shape index (κ3) is 3.75. The monoisotopic (exact) mass is 284 g/mol. The molecule has 4 nitrogen and oxygen atoms in total. The SMILES string of the molecule is CNc1ccc(C(=O)NCc2cccc(OC)c2)c(C)c1. The molecule has 0 radical (unpaired) electrons. The second-order valence-corrected chi connectivity index (χ2v) is 4.81. The number of hydrogen-bond acceptors (Lipinski definition) is 3. The van der Waals surface area contributed by atoms with Gasteiger partial charge in [-0.15, -0.1) is 0 Å². The minimum Gasteiger partial charge on any atom is -0.497 e. The van der Waals surface area contributed by atoms with E-state index in [1.54, 1.807) is 7.11 Å². The molecule has 0 atom stereocenters. The van der Waals surface area contributed by atoms with Crippen LogP contribution in [0.15, 0.2) is 42.5 Å². The van der Waals surface area contributed by atoms with Crippen LogP contribution < -0.4 is 15.4 Å². The zero-order valence-electron chi connectivity index (χ0n) is 12.6. The summed E-state index contributed by atoms with van der Waals surface area (Å²) in [6, 6.07) is 13.4. The van der Waals surface area contributed by atoms with Gasteiger partial charge in [0.1, 0.15) is 5.75 Å². The zero-order valence-corrected chi connectivity index (χ0v) is 12.6. The third-order valence-corrected chi connectivity index (χ3v) is 3.35. The van der Waals surface area contributed by atoms with E-state index < -0.39 is 0 Å². The summed E-state index contributed by atoms with van der Waals surface area (Å²) < 4.78 is 5.17. The summed E-state index contributed by atoms with van der Waals surface area (Å²) in [5, 5.41) is 5.99. The number of hydrogen-bond donors (Lipinski definition) is 2. The zero-order chi connectivity index (χ0) is 15.2. The summed E-state index contributed by atoms with van der Waals surface area (Å²) in [5.74, 6) is 0.717. The van der Waals surface area contributed by atoms with E-state index >= 15 is 0 Å². The Kier molecular flexibility index (Phi) is 4.82. The molecular formula is C17H20N2O2. The van der Waals surface area contributed by atoms with Crippen molar-refractivity contribution < 1.29 is 9.53 Å². The molecule has 0 heterocycles. The van der Waals surface area contributed by atoms with E-state index in [2.05, 4.69) is 10.6 Å². The maximum absolute atomic E-state index is 12.2. The predicted octanol–water partition coefficient (Wildman–Crippen LogP) is 2.98. The number of benzene rings is 2. The van der Waals surface area contributed by atoms with E-state index in [4.69, 9.17) is 4.74 Å². The summed E-state index contributed by atoms with van der Waals surface area (Å²) in [5.41, 5.74) is 3.64. The molecule has 4 heteroatoms. The normalized spacial score (nSPS) is 10.0. The Hall–Kier alpha value is -2.49. The summed E-state index contributed by atoms with van der Waals surface area (Å²) in [6.07, 6.45) is 0. The van der Waals surface area contributed by atoms with Crippen LogP contribution in [0.4, 0.5) is 5.69 Å². The summed E-state index contributed by atoms with van der Waals surface area (Å²) in [6.45, 7) is 2.41. The van der Waals surface area contributed by atoms with Gasteiger partial charge in [-0.25, -0.2) is 0 Å². The van der Waals surface area contributed by atoms with Gasteiger partial charge in [0.05, 0.1) is 7.11 Å². The Morgan fingerprint density at radius 2 is 2.00 bits per heavy atom. The fraction of sp³-hybridized carbons (Fsp3) is 0.235. The standard InChI is InChI=1S/C17H20N2O2/c1-12-9-14(18-2)7-8-16(12)17(20)19-11-13-5-4-6-15(10-13)21-3/h4-10,18H,11H2,1-3H3,(H,19,20). The Bertz CT molecular complexity index is 638. The van der Waals surface area contributed by atoms with E-state index in [1.165, 1.54) is 0 Å². The molecule has 0 aliphatic rings. The molecule has 0 unspecified atom stereocenters. The maximum Gasteiger partial charge on any atom is 0.251 e. The lowest BCUT2D eigenvalue weighted by atomic mass is 10.1. The molecule has 0 aromatic heterocycles. The first-order valence-corrected chi connectivity index (χ1v) is 6.83. The number of anilines is 1. The largest absolute Gasteiger partial charge is 0.497 e. The van der Waals surface area contributed by atoms with Crippen molar-refractivity contribution in [1.29, 1.82) is 0 Å². The first-order valence-electron chi connectivity index (χ1n) is 6.83. The van der Waals surface area contributed by atoms with Crippen molar-refractivity contribution in [3.8, 4) is 5.75 Å². The van der Waals surface area contributed by atoms with Crippen molar-refractivity contribution in [3.05, 3.63) is 59.2 Å². The van der Waals surface area contributed by atoms with Gasteiger partial charge in [0.15, 0.2) is 0 Å². The van der Waals surface area contributed by atoms with Crippen molar-refractivity contribution in [1.82, 2.24) is 5.32 Å². The van der Waals surface area contributed by atoms with Crippen LogP contribution in [-0.4, -0.2) is 20.1 Å². The van der Waals surface area contributed by atoms with E-state index in [0.717, 1.165) is 22.6 Å². The molecule has 2 rings (SSSR count). The molecule has 0 aliphatic carbocycles. The van der Waals surface area contributed by atoms with Crippen LogP contribution in [0.5, 0.6) is 5.75 Å². The highest BCUT2D eigenvalue weighted by atomic mass is 16.5. The second kappa shape index (κ2) is 6.79. The Balaban J connectivity index is 2.04. The molecule has 0 saturated heterocycles. The average molecular weight is 284 g/mol. The van der Waals surface area contributed by atoms with Gasteiger partial charge in [-0.1, -0.05) is 12.1 Å². The number of amides is 1. The first kappa shape index (κ1) is 14.9. The molecule has 0 saturated carbocycles. The topological polar surface area (TPSA) is 50.4 Å². The van der Waals surface area contributed by atoms with Gasteiger partial charge >= 0.3 is 0 Å². The van der Waals surface area contributed by atoms with Gasteiger partial charge in [0.25, 0.3) is 5.91 Å². The maximum atomic E-state index is 12.2. The van der Waals surface area contributed by atoms with Crippen molar-refractivity contribution >= 4 is 11.6 Å². The van der Waals surface area contributed by atoms with Gasteiger partial charge < -0.3 is 15.4 Å². The van der Waals surface area contributed by atoms with Crippen molar-refractivity contribution in [2.75, 3.05) is 19.5 Å². The van der Waals surface area contributed by atoms with Gasteiger partial charge in [-0.05, 0) is 48.4 Å². The lowest BCUT2D eigenvalue weighted by Crippen LogP contribution is -2.23. The fourth-order valence-corrected chi connectivity index (χ4v) is 2.13. The molecule has 0 spiro atoms. The Morgan fingerprint density at radius 1 is 1.19 bits per heavy atom. The number of methoxy groups -OCH3 is 1. The van der Waals surface area contributed by atoms with Crippen LogP contribution >= 0.6 is 0 Å². The molecule has 110 valence electrons. The predicted molar refractivity (Wildman–Crippen MR) is 84.9 cm³/mol. The van der Waals surface area contributed by atoms with Crippen molar-refractivity contribution in [3.63, 3.8) is 0 Å². The molecule has 2 N–H and O–H groups in total.